The van der Waals surface area contributed by atoms with Gasteiger partial charge in [-0.3, -0.25) is 0 Å². The van der Waals surface area contributed by atoms with Gasteiger partial charge in [-0.2, -0.15) is 9.78 Å². The molecule has 3 aromatic heterocycles. The van der Waals surface area contributed by atoms with E-state index in [1.807, 2.05) is 41.9 Å². The van der Waals surface area contributed by atoms with Gasteiger partial charge in [0.2, 0.25) is 5.82 Å². The van der Waals surface area contributed by atoms with Crippen molar-refractivity contribution in [2.24, 2.45) is 0 Å². The van der Waals surface area contributed by atoms with E-state index in [0.29, 0.717) is 23.7 Å². The molecule has 0 bridgehead atoms. The van der Waals surface area contributed by atoms with E-state index >= 15 is 0 Å². The van der Waals surface area contributed by atoms with Crippen LogP contribution in [0.1, 0.15) is 36.7 Å². The fourth-order valence-corrected chi connectivity index (χ4v) is 4.11. The molecule has 0 radical (unpaired) electrons. The van der Waals surface area contributed by atoms with Crippen molar-refractivity contribution in [3.63, 3.8) is 0 Å². The maximum atomic E-state index is 5.93. The summed E-state index contributed by atoms with van der Waals surface area (Å²) in [5.41, 5.74) is 1.55. The largest absolute Gasteiger partial charge is 0.375 e. The second kappa shape index (κ2) is 7.37. The van der Waals surface area contributed by atoms with Crippen molar-refractivity contribution >= 4 is 0 Å². The Bertz CT molecular complexity index is 941. The van der Waals surface area contributed by atoms with Gasteiger partial charge in [0.15, 0.2) is 5.82 Å². The monoisotopic (exact) mass is 377 g/mol. The molecular weight excluding hydrogens is 354 g/mol. The number of morpholine rings is 1. The summed E-state index contributed by atoms with van der Waals surface area (Å²) in [6.07, 6.45) is 5.11. The molecule has 0 aromatic carbocycles. The average molecular weight is 377 g/mol. The Morgan fingerprint density at radius 3 is 2.93 bits per heavy atom. The number of pyridine rings is 1. The van der Waals surface area contributed by atoms with Gasteiger partial charge in [-0.15, -0.1) is 10.2 Å². The molecule has 0 amide bonds. The zero-order chi connectivity index (χ0) is 18.9. The lowest BCUT2D eigenvalue weighted by Gasteiger charge is -2.39. The van der Waals surface area contributed by atoms with Gasteiger partial charge >= 0.3 is 0 Å². The van der Waals surface area contributed by atoms with Crippen LogP contribution in [-0.4, -0.2) is 55.2 Å². The van der Waals surface area contributed by atoms with Crippen LogP contribution in [0.15, 0.2) is 36.5 Å². The lowest BCUT2D eigenvalue weighted by atomic mass is 9.82. The van der Waals surface area contributed by atoms with Crippen molar-refractivity contribution in [2.75, 3.05) is 13.2 Å². The summed E-state index contributed by atoms with van der Waals surface area (Å²) in [6.45, 7) is 3.62. The zero-order valence-electron chi connectivity index (χ0n) is 15.8. The third-order valence-corrected chi connectivity index (χ3v) is 5.52. The summed E-state index contributed by atoms with van der Waals surface area (Å²) in [4.78, 5) is 9.38. The van der Waals surface area contributed by atoms with Gasteiger partial charge in [0.1, 0.15) is 11.5 Å². The molecule has 2 aliphatic rings. The lowest BCUT2D eigenvalue weighted by Crippen LogP contribution is -2.51. The lowest BCUT2D eigenvalue weighted by molar-refractivity contribution is -0.0280. The minimum Gasteiger partial charge on any atom is -0.375 e. The number of hydrogen-bond acceptors (Lipinski definition) is 7. The number of rotatable bonds is 3. The van der Waals surface area contributed by atoms with Crippen LogP contribution in [0.5, 0.6) is 0 Å². The summed E-state index contributed by atoms with van der Waals surface area (Å²) in [5, 5.41) is 16.8. The van der Waals surface area contributed by atoms with Crippen LogP contribution in [0.3, 0.4) is 0 Å². The number of aryl methyl sites for hydroxylation is 1. The Kier molecular flexibility index (Phi) is 4.58. The highest BCUT2D eigenvalue weighted by molar-refractivity contribution is 5.48. The Balaban J connectivity index is 1.53. The molecule has 144 valence electrons. The molecule has 1 N–H and O–H groups in total. The zero-order valence-corrected chi connectivity index (χ0v) is 15.8. The molecule has 1 aliphatic heterocycles. The summed E-state index contributed by atoms with van der Waals surface area (Å²) in [5.74, 6) is 2.58. The Labute approximate surface area is 163 Å². The topological polar surface area (TPSA) is 90.6 Å². The summed E-state index contributed by atoms with van der Waals surface area (Å²) in [6, 6.07) is 10.0. The molecule has 0 unspecified atom stereocenters. The van der Waals surface area contributed by atoms with Crippen molar-refractivity contribution in [2.45, 2.75) is 44.2 Å². The van der Waals surface area contributed by atoms with E-state index in [1.54, 1.807) is 6.20 Å². The number of nitrogens with one attached hydrogen (secondary N) is 1. The number of hydrogen-bond donors (Lipinski definition) is 1. The molecule has 0 spiro atoms. The van der Waals surface area contributed by atoms with Gasteiger partial charge < -0.3 is 10.1 Å². The molecule has 8 nitrogen and oxygen atoms in total. The maximum Gasteiger partial charge on any atom is 0.202 e. The molecule has 5 rings (SSSR count). The van der Waals surface area contributed by atoms with E-state index in [0.717, 1.165) is 49.8 Å². The first-order valence-electron chi connectivity index (χ1n) is 9.82. The minimum absolute atomic E-state index is 0.289. The molecule has 2 fully saturated rings. The Morgan fingerprint density at radius 2 is 2.11 bits per heavy atom. The van der Waals surface area contributed by atoms with Gasteiger partial charge in [0, 0.05) is 24.7 Å². The SMILES string of the molecule is Cc1ccc(-c2nc([C@H]3CC[C@H]4OCCN[C@@H]4C3)n(-c3ccccn3)n2)nn1. The van der Waals surface area contributed by atoms with Crippen molar-refractivity contribution < 1.29 is 4.74 Å². The Morgan fingerprint density at radius 1 is 1.14 bits per heavy atom. The fourth-order valence-electron chi connectivity index (χ4n) is 4.11. The van der Waals surface area contributed by atoms with E-state index < -0.39 is 0 Å². The first-order valence-corrected chi connectivity index (χ1v) is 9.82. The molecule has 3 atom stereocenters. The molecule has 8 heteroatoms. The summed E-state index contributed by atoms with van der Waals surface area (Å²) in [7, 11) is 0. The summed E-state index contributed by atoms with van der Waals surface area (Å²) >= 11 is 0. The highest BCUT2D eigenvalue weighted by Crippen LogP contribution is 2.35. The predicted octanol–water partition coefficient (Wildman–Crippen LogP) is 2.05. The Hall–Kier alpha value is -2.71. The van der Waals surface area contributed by atoms with E-state index in [9.17, 15) is 0 Å². The van der Waals surface area contributed by atoms with Gasteiger partial charge in [-0.05, 0) is 50.5 Å². The van der Waals surface area contributed by atoms with Gasteiger partial charge in [0.05, 0.1) is 18.4 Å². The molecule has 28 heavy (non-hydrogen) atoms. The van der Waals surface area contributed by atoms with E-state index in [1.165, 1.54) is 0 Å². The highest BCUT2D eigenvalue weighted by Gasteiger charge is 2.36. The molecule has 4 heterocycles. The van der Waals surface area contributed by atoms with Crippen LogP contribution >= 0.6 is 0 Å². The molecular formula is C20H23N7O. The number of nitrogens with zero attached hydrogens (tertiary/aromatic N) is 6. The van der Waals surface area contributed by atoms with Gasteiger partial charge in [-0.25, -0.2) is 9.97 Å². The maximum absolute atomic E-state index is 5.93. The standard InChI is InChI=1S/C20H23N7O/c1-13-5-7-15(25-24-13)19-23-20(27(26-19)18-4-2-3-9-22-18)14-6-8-17-16(12-14)21-10-11-28-17/h2-5,7,9,14,16-17,21H,6,8,10-12H2,1H3/t14-,16+,17+/m0/s1. The third kappa shape index (κ3) is 3.29. The van der Waals surface area contributed by atoms with Crippen molar-refractivity contribution in [3.8, 4) is 17.3 Å². The second-order valence-corrected chi connectivity index (χ2v) is 7.43. The van der Waals surface area contributed by atoms with Crippen LogP contribution in [0.25, 0.3) is 17.3 Å². The van der Waals surface area contributed by atoms with Crippen LogP contribution in [-0.2, 0) is 4.74 Å². The number of ether oxygens (including phenoxy) is 1. The van der Waals surface area contributed by atoms with Crippen molar-refractivity contribution in [3.05, 3.63) is 48.0 Å². The van der Waals surface area contributed by atoms with Crippen molar-refractivity contribution in [1.82, 2.24) is 35.3 Å². The predicted molar refractivity (Wildman–Crippen MR) is 103 cm³/mol. The third-order valence-electron chi connectivity index (χ3n) is 5.52. The molecule has 3 aromatic rings. The fraction of sp³-hybridized carbons (Fsp3) is 0.450. The molecule has 1 saturated heterocycles. The first kappa shape index (κ1) is 17.4. The molecule has 1 saturated carbocycles. The second-order valence-electron chi connectivity index (χ2n) is 7.43. The van der Waals surface area contributed by atoms with E-state index in [-0.39, 0.29) is 5.92 Å². The van der Waals surface area contributed by atoms with E-state index in [2.05, 4.69) is 20.5 Å². The van der Waals surface area contributed by atoms with Gasteiger partial charge in [-0.1, -0.05) is 6.07 Å². The molecule has 1 aliphatic carbocycles. The number of fused-ring (bicyclic) bond motifs is 1. The van der Waals surface area contributed by atoms with Crippen LogP contribution < -0.4 is 5.32 Å². The first-order chi connectivity index (χ1) is 13.8. The smallest absolute Gasteiger partial charge is 0.202 e. The van der Waals surface area contributed by atoms with E-state index in [4.69, 9.17) is 14.8 Å². The quantitative estimate of drug-likeness (QED) is 0.747. The van der Waals surface area contributed by atoms with Gasteiger partial charge in [0.25, 0.3) is 0 Å². The minimum atomic E-state index is 0.289. The summed E-state index contributed by atoms with van der Waals surface area (Å²) < 4.78 is 7.80. The highest BCUT2D eigenvalue weighted by atomic mass is 16.5. The van der Waals surface area contributed by atoms with Crippen LogP contribution in [0, 0.1) is 6.92 Å². The normalized spacial score (nSPS) is 24.7. The van der Waals surface area contributed by atoms with Crippen LogP contribution in [0.4, 0.5) is 0 Å². The number of aromatic nitrogens is 6. The average Bonchev–Trinajstić information content (AvgIpc) is 3.20. The van der Waals surface area contributed by atoms with Crippen LogP contribution in [0.2, 0.25) is 0 Å². The van der Waals surface area contributed by atoms with Crippen molar-refractivity contribution in [1.29, 1.82) is 0 Å².